The van der Waals surface area contributed by atoms with Crippen molar-refractivity contribution in [2.75, 3.05) is 18.0 Å². The summed E-state index contributed by atoms with van der Waals surface area (Å²) in [6.07, 6.45) is -6.91. The zero-order chi connectivity index (χ0) is 25.3. The molecular formula is C21H21F6N5O2. The van der Waals surface area contributed by atoms with Crippen molar-refractivity contribution in [3.63, 3.8) is 0 Å². The quantitative estimate of drug-likeness (QED) is 0.540. The lowest BCUT2D eigenvalue weighted by molar-refractivity contribution is -0.138. The monoisotopic (exact) mass is 489 g/mol. The summed E-state index contributed by atoms with van der Waals surface area (Å²) in [6, 6.07) is 0.425. The summed E-state index contributed by atoms with van der Waals surface area (Å²) in [5.41, 5.74) is -2.10. The number of carbonyl (C=O) groups excluding carboxylic acids is 2. The van der Waals surface area contributed by atoms with E-state index in [1.54, 1.807) is 0 Å². The summed E-state index contributed by atoms with van der Waals surface area (Å²) in [5.74, 6) is -0.854. The fourth-order valence-electron chi connectivity index (χ4n) is 3.58. The highest BCUT2D eigenvalue weighted by Gasteiger charge is 2.42. The Balaban J connectivity index is 1.78. The predicted octanol–water partition coefficient (Wildman–Crippen LogP) is 4.38. The Labute approximate surface area is 190 Å². The van der Waals surface area contributed by atoms with Crippen LogP contribution in [0.1, 0.15) is 37.1 Å². The van der Waals surface area contributed by atoms with Crippen LogP contribution in [-0.2, 0) is 23.6 Å². The second kappa shape index (κ2) is 9.55. The van der Waals surface area contributed by atoms with Gasteiger partial charge in [-0.2, -0.15) is 26.3 Å². The second-order valence-corrected chi connectivity index (χ2v) is 7.99. The molecule has 184 valence electrons. The molecule has 0 spiro atoms. The molecule has 2 atom stereocenters. The van der Waals surface area contributed by atoms with Gasteiger partial charge in [0.1, 0.15) is 0 Å². The van der Waals surface area contributed by atoms with Gasteiger partial charge < -0.3 is 4.90 Å². The molecule has 0 aliphatic carbocycles. The van der Waals surface area contributed by atoms with Gasteiger partial charge in [-0.1, -0.05) is 20.3 Å². The summed E-state index contributed by atoms with van der Waals surface area (Å²) in [7, 11) is 0. The SMILES string of the molecule is CC[C@H](C)[C@H]1CN(c2ncc(C(F)(F)F)cn2)C(=O)N1CC(=O)Cc1cc(C(F)(F)F)ccn1. The van der Waals surface area contributed by atoms with Crippen molar-refractivity contribution in [1.29, 1.82) is 0 Å². The summed E-state index contributed by atoms with van der Waals surface area (Å²) >= 11 is 0. The Bertz CT molecular complexity index is 1040. The van der Waals surface area contributed by atoms with Gasteiger partial charge in [0.15, 0.2) is 5.78 Å². The van der Waals surface area contributed by atoms with Crippen molar-refractivity contribution in [2.24, 2.45) is 5.92 Å². The van der Waals surface area contributed by atoms with Crippen LogP contribution in [-0.4, -0.2) is 50.8 Å². The molecule has 1 aliphatic rings. The third kappa shape index (κ3) is 5.62. The van der Waals surface area contributed by atoms with Gasteiger partial charge in [-0.3, -0.25) is 14.7 Å². The Kier molecular flexibility index (Phi) is 7.13. The molecule has 2 amide bonds. The zero-order valence-electron chi connectivity index (χ0n) is 18.2. The van der Waals surface area contributed by atoms with Gasteiger partial charge in [-0.25, -0.2) is 14.8 Å². The first-order valence-corrected chi connectivity index (χ1v) is 10.3. The van der Waals surface area contributed by atoms with Gasteiger partial charge in [-0.15, -0.1) is 0 Å². The number of urea groups is 1. The number of aromatic nitrogens is 3. The van der Waals surface area contributed by atoms with Crippen molar-refractivity contribution < 1.29 is 35.9 Å². The third-order valence-corrected chi connectivity index (χ3v) is 5.62. The molecule has 3 heterocycles. The van der Waals surface area contributed by atoms with Gasteiger partial charge in [0.25, 0.3) is 0 Å². The Hall–Kier alpha value is -3.25. The minimum absolute atomic E-state index is 0.0499. The van der Waals surface area contributed by atoms with E-state index in [4.69, 9.17) is 0 Å². The van der Waals surface area contributed by atoms with Crippen molar-refractivity contribution in [1.82, 2.24) is 19.9 Å². The van der Waals surface area contributed by atoms with E-state index in [1.807, 2.05) is 13.8 Å². The lowest BCUT2D eigenvalue weighted by atomic mass is 9.98. The van der Waals surface area contributed by atoms with Crippen LogP contribution in [0, 0.1) is 5.92 Å². The smallest absolute Gasteiger partial charge is 0.312 e. The molecule has 0 saturated carbocycles. The topological polar surface area (TPSA) is 79.3 Å². The number of alkyl halides is 6. The molecule has 34 heavy (non-hydrogen) atoms. The van der Waals surface area contributed by atoms with Crippen LogP contribution in [0.5, 0.6) is 0 Å². The molecule has 0 radical (unpaired) electrons. The number of hydrogen-bond acceptors (Lipinski definition) is 5. The summed E-state index contributed by atoms with van der Waals surface area (Å²) in [6.45, 7) is 3.37. The molecule has 3 rings (SSSR count). The van der Waals surface area contributed by atoms with Gasteiger partial charge >= 0.3 is 18.4 Å². The lowest BCUT2D eigenvalue weighted by Crippen LogP contribution is -2.42. The van der Waals surface area contributed by atoms with Gasteiger partial charge in [0, 0.05) is 24.3 Å². The van der Waals surface area contributed by atoms with Crippen LogP contribution in [0.3, 0.4) is 0 Å². The minimum atomic E-state index is -4.64. The average molecular weight is 489 g/mol. The molecular weight excluding hydrogens is 468 g/mol. The normalized spacial score (nSPS) is 17.9. The highest BCUT2D eigenvalue weighted by Crippen LogP contribution is 2.31. The molecule has 0 N–H and O–H groups in total. The largest absolute Gasteiger partial charge is 0.419 e. The first-order chi connectivity index (χ1) is 15.8. The van der Waals surface area contributed by atoms with E-state index in [2.05, 4.69) is 15.0 Å². The maximum absolute atomic E-state index is 13.0. The van der Waals surface area contributed by atoms with Gasteiger partial charge in [-0.05, 0) is 18.1 Å². The van der Waals surface area contributed by atoms with Crippen molar-refractivity contribution in [3.05, 3.63) is 47.5 Å². The number of amides is 2. The van der Waals surface area contributed by atoms with Crippen LogP contribution in [0.2, 0.25) is 0 Å². The van der Waals surface area contributed by atoms with E-state index >= 15 is 0 Å². The Morgan fingerprint density at radius 1 is 1.09 bits per heavy atom. The van der Waals surface area contributed by atoms with Crippen molar-refractivity contribution in [2.45, 2.75) is 45.1 Å². The molecule has 2 aromatic heterocycles. The fourth-order valence-corrected chi connectivity index (χ4v) is 3.58. The second-order valence-electron chi connectivity index (χ2n) is 7.99. The highest BCUT2D eigenvalue weighted by molar-refractivity contribution is 5.96. The lowest BCUT2D eigenvalue weighted by Gasteiger charge is -2.26. The molecule has 1 aliphatic heterocycles. The molecule has 0 unspecified atom stereocenters. The van der Waals surface area contributed by atoms with Crippen LogP contribution in [0.15, 0.2) is 30.7 Å². The first kappa shape index (κ1) is 25.4. The van der Waals surface area contributed by atoms with Crippen molar-refractivity contribution in [3.8, 4) is 0 Å². The number of pyridine rings is 1. The molecule has 0 aromatic carbocycles. The minimum Gasteiger partial charge on any atom is -0.312 e. The Morgan fingerprint density at radius 3 is 2.26 bits per heavy atom. The van der Waals surface area contributed by atoms with E-state index < -0.39 is 54.3 Å². The number of hydrogen-bond donors (Lipinski definition) is 0. The number of nitrogens with zero attached hydrogens (tertiary/aromatic N) is 5. The fraction of sp³-hybridized carbons (Fsp3) is 0.476. The first-order valence-electron chi connectivity index (χ1n) is 10.3. The summed E-state index contributed by atoms with van der Waals surface area (Å²) in [5, 5.41) is 0. The number of Topliss-reactive ketones (excluding diaryl/α,β-unsaturated/α-hetero) is 1. The summed E-state index contributed by atoms with van der Waals surface area (Å²) in [4.78, 5) is 39.1. The Morgan fingerprint density at radius 2 is 1.71 bits per heavy atom. The molecule has 13 heteroatoms. The van der Waals surface area contributed by atoms with Crippen molar-refractivity contribution >= 4 is 17.8 Å². The average Bonchev–Trinajstić information content (AvgIpc) is 3.08. The number of carbonyl (C=O) groups is 2. The van der Waals surface area contributed by atoms with Crippen LogP contribution >= 0.6 is 0 Å². The summed E-state index contributed by atoms with van der Waals surface area (Å²) < 4.78 is 77.1. The van der Waals surface area contributed by atoms with Crippen LogP contribution in [0.4, 0.5) is 37.1 Å². The predicted molar refractivity (Wildman–Crippen MR) is 108 cm³/mol. The van der Waals surface area contributed by atoms with Crippen LogP contribution < -0.4 is 4.90 Å². The number of rotatable bonds is 7. The number of anilines is 1. The standard InChI is InChI=1S/C21H21F6N5O2/c1-3-12(2)17-11-32(18-29-8-14(9-30-18)21(25,26)27)19(34)31(17)10-16(33)7-15-6-13(4-5-28-15)20(22,23)24/h4-6,8-9,12,17H,3,7,10-11H2,1-2H3/t12-,17+/m0/s1. The van der Waals surface area contributed by atoms with E-state index in [1.165, 1.54) is 4.90 Å². The van der Waals surface area contributed by atoms with E-state index in [0.29, 0.717) is 18.8 Å². The maximum atomic E-state index is 13.0. The zero-order valence-corrected chi connectivity index (χ0v) is 18.2. The number of halogens is 6. The van der Waals surface area contributed by atoms with E-state index in [9.17, 15) is 35.9 Å². The van der Waals surface area contributed by atoms with Gasteiger partial charge in [0.2, 0.25) is 5.95 Å². The highest BCUT2D eigenvalue weighted by atomic mass is 19.4. The maximum Gasteiger partial charge on any atom is 0.419 e. The third-order valence-electron chi connectivity index (χ3n) is 5.62. The van der Waals surface area contributed by atoms with E-state index in [-0.39, 0.29) is 24.1 Å². The molecule has 1 saturated heterocycles. The van der Waals surface area contributed by atoms with Crippen LogP contribution in [0.25, 0.3) is 0 Å². The molecule has 1 fully saturated rings. The number of ketones is 1. The van der Waals surface area contributed by atoms with Gasteiger partial charge in [0.05, 0.1) is 36.7 Å². The molecule has 0 bridgehead atoms. The molecule has 2 aromatic rings. The molecule has 7 nitrogen and oxygen atoms in total. The van der Waals surface area contributed by atoms with E-state index in [0.717, 1.165) is 23.2 Å².